The van der Waals surface area contributed by atoms with Crippen LogP contribution in [0.3, 0.4) is 0 Å². The molecule has 2 nitrogen and oxygen atoms in total. The Hall–Kier alpha value is -0.960. The van der Waals surface area contributed by atoms with Gasteiger partial charge in [-0.3, -0.25) is 4.79 Å². The van der Waals surface area contributed by atoms with Gasteiger partial charge in [-0.25, -0.2) is 0 Å². The van der Waals surface area contributed by atoms with Crippen molar-refractivity contribution in [3.8, 4) is 0 Å². The molecule has 1 rings (SSSR count). The van der Waals surface area contributed by atoms with Gasteiger partial charge in [0, 0.05) is 4.90 Å². The number of benzene rings is 1. The summed E-state index contributed by atoms with van der Waals surface area (Å²) in [5, 5.41) is 0. The van der Waals surface area contributed by atoms with E-state index in [0.717, 1.165) is 11.3 Å². The molecule has 1 aromatic rings. The van der Waals surface area contributed by atoms with Crippen LogP contribution in [0, 0.1) is 0 Å². The molecule has 0 aliphatic heterocycles. The van der Waals surface area contributed by atoms with Crippen molar-refractivity contribution >= 4 is 17.7 Å². The van der Waals surface area contributed by atoms with E-state index in [1.165, 1.54) is 11.3 Å². The van der Waals surface area contributed by atoms with Gasteiger partial charge in [0.1, 0.15) is 0 Å². The molecule has 3 heteroatoms. The van der Waals surface area contributed by atoms with Crippen LogP contribution in [0.5, 0.6) is 0 Å². The zero-order chi connectivity index (χ0) is 10.4. The Kier molecular flexibility index (Phi) is 4.53. The lowest BCUT2D eigenvalue weighted by Crippen LogP contribution is -2.13. The first-order chi connectivity index (χ1) is 6.72. The molecule has 0 aliphatic rings. The number of carbonyl (C=O) groups is 1. The topological polar surface area (TPSA) is 43.1 Å². The maximum absolute atomic E-state index is 10.6. The summed E-state index contributed by atoms with van der Waals surface area (Å²) >= 11 is 1.83. The SMILES string of the molecule is CCCSc1ccc(CC(N)=O)cc1. The van der Waals surface area contributed by atoms with Crippen molar-refractivity contribution in [2.45, 2.75) is 24.7 Å². The highest BCUT2D eigenvalue weighted by molar-refractivity contribution is 7.99. The molecule has 0 unspecified atom stereocenters. The number of hydrogen-bond acceptors (Lipinski definition) is 2. The van der Waals surface area contributed by atoms with Crippen molar-refractivity contribution in [2.24, 2.45) is 5.73 Å². The van der Waals surface area contributed by atoms with Gasteiger partial charge in [0.2, 0.25) is 5.91 Å². The maximum atomic E-state index is 10.6. The second-order valence-electron chi connectivity index (χ2n) is 3.14. The molecule has 0 bridgehead atoms. The summed E-state index contributed by atoms with van der Waals surface area (Å²) < 4.78 is 0. The van der Waals surface area contributed by atoms with Gasteiger partial charge < -0.3 is 5.73 Å². The summed E-state index contributed by atoms with van der Waals surface area (Å²) in [6.45, 7) is 2.16. The molecule has 76 valence electrons. The van der Waals surface area contributed by atoms with Crippen LogP contribution in [0.2, 0.25) is 0 Å². The Balaban J connectivity index is 2.54. The fraction of sp³-hybridized carbons (Fsp3) is 0.364. The molecule has 0 fully saturated rings. The first kappa shape index (κ1) is 11.1. The molecule has 0 aromatic heterocycles. The van der Waals surface area contributed by atoms with Gasteiger partial charge in [-0.15, -0.1) is 11.8 Å². The predicted octanol–water partition coefficient (Wildman–Crippen LogP) is 2.22. The lowest BCUT2D eigenvalue weighted by Gasteiger charge is -2.01. The number of rotatable bonds is 5. The normalized spacial score (nSPS) is 10.1. The van der Waals surface area contributed by atoms with Crippen molar-refractivity contribution in [1.82, 2.24) is 0 Å². The van der Waals surface area contributed by atoms with E-state index in [-0.39, 0.29) is 5.91 Å². The van der Waals surface area contributed by atoms with E-state index in [1.807, 2.05) is 36.0 Å². The van der Waals surface area contributed by atoms with E-state index in [9.17, 15) is 4.79 Å². The molecule has 0 heterocycles. The molecule has 1 amide bonds. The van der Waals surface area contributed by atoms with Gasteiger partial charge in [0.05, 0.1) is 6.42 Å². The van der Waals surface area contributed by atoms with Gasteiger partial charge in [-0.2, -0.15) is 0 Å². The summed E-state index contributed by atoms with van der Waals surface area (Å²) in [7, 11) is 0. The molecule has 14 heavy (non-hydrogen) atoms. The number of thioether (sulfide) groups is 1. The Morgan fingerprint density at radius 3 is 2.50 bits per heavy atom. The molecule has 0 atom stereocenters. The van der Waals surface area contributed by atoms with Crippen molar-refractivity contribution in [3.05, 3.63) is 29.8 Å². The third-order valence-electron chi connectivity index (χ3n) is 1.77. The molecule has 0 saturated carbocycles. The van der Waals surface area contributed by atoms with Crippen LogP contribution in [0.15, 0.2) is 29.2 Å². The molecule has 0 radical (unpaired) electrons. The quantitative estimate of drug-likeness (QED) is 0.756. The van der Waals surface area contributed by atoms with Gasteiger partial charge in [0.15, 0.2) is 0 Å². The van der Waals surface area contributed by atoms with Crippen LogP contribution in [0.1, 0.15) is 18.9 Å². The number of primary amides is 1. The zero-order valence-corrected chi connectivity index (χ0v) is 9.14. The second-order valence-corrected chi connectivity index (χ2v) is 4.30. The van der Waals surface area contributed by atoms with Crippen LogP contribution >= 0.6 is 11.8 Å². The Labute approximate surface area is 88.9 Å². The molecule has 0 aliphatic carbocycles. The minimum absolute atomic E-state index is 0.279. The number of hydrogen-bond donors (Lipinski definition) is 1. The molecule has 0 spiro atoms. The Morgan fingerprint density at radius 2 is 2.00 bits per heavy atom. The van der Waals surface area contributed by atoms with Crippen molar-refractivity contribution in [1.29, 1.82) is 0 Å². The van der Waals surface area contributed by atoms with E-state index in [2.05, 4.69) is 6.92 Å². The van der Waals surface area contributed by atoms with Crippen LogP contribution in [0.4, 0.5) is 0 Å². The Morgan fingerprint density at radius 1 is 1.36 bits per heavy atom. The van der Waals surface area contributed by atoms with E-state index in [1.54, 1.807) is 0 Å². The second kappa shape index (κ2) is 5.70. The highest BCUT2D eigenvalue weighted by Gasteiger charge is 1.98. The fourth-order valence-corrected chi connectivity index (χ4v) is 1.89. The van der Waals surface area contributed by atoms with Crippen molar-refractivity contribution < 1.29 is 4.79 Å². The van der Waals surface area contributed by atoms with Crippen molar-refractivity contribution in [2.75, 3.05) is 5.75 Å². The standard InChI is InChI=1S/C11H15NOS/c1-2-7-14-10-5-3-9(4-6-10)8-11(12)13/h3-6H,2,7-8H2,1H3,(H2,12,13). The lowest BCUT2D eigenvalue weighted by atomic mass is 10.1. The molecule has 2 N–H and O–H groups in total. The number of amides is 1. The Bertz CT molecular complexity index is 295. The van der Waals surface area contributed by atoms with Crippen LogP contribution < -0.4 is 5.73 Å². The van der Waals surface area contributed by atoms with E-state index < -0.39 is 0 Å². The third-order valence-corrected chi connectivity index (χ3v) is 2.99. The summed E-state index contributed by atoms with van der Waals surface area (Å²) in [6.07, 6.45) is 1.51. The molecule has 0 saturated heterocycles. The summed E-state index contributed by atoms with van der Waals surface area (Å²) in [4.78, 5) is 11.9. The molecular formula is C11H15NOS. The predicted molar refractivity (Wildman–Crippen MR) is 60.4 cm³/mol. The highest BCUT2D eigenvalue weighted by atomic mass is 32.2. The number of carbonyl (C=O) groups excluding carboxylic acids is 1. The summed E-state index contributed by atoms with van der Waals surface area (Å²) in [6, 6.07) is 8.00. The first-order valence-corrected chi connectivity index (χ1v) is 5.71. The van der Waals surface area contributed by atoms with Crippen molar-refractivity contribution in [3.63, 3.8) is 0 Å². The van der Waals surface area contributed by atoms with Gasteiger partial charge in [0.25, 0.3) is 0 Å². The van der Waals surface area contributed by atoms with Crippen LogP contribution in [-0.2, 0) is 11.2 Å². The minimum Gasteiger partial charge on any atom is -0.369 e. The largest absolute Gasteiger partial charge is 0.369 e. The fourth-order valence-electron chi connectivity index (χ4n) is 1.12. The van der Waals surface area contributed by atoms with Gasteiger partial charge in [-0.05, 0) is 29.9 Å². The smallest absolute Gasteiger partial charge is 0.221 e. The average Bonchev–Trinajstić information content (AvgIpc) is 2.16. The zero-order valence-electron chi connectivity index (χ0n) is 8.32. The third kappa shape index (κ3) is 3.83. The van der Waals surface area contributed by atoms with Gasteiger partial charge in [-0.1, -0.05) is 19.1 Å². The van der Waals surface area contributed by atoms with Crippen LogP contribution in [0.25, 0.3) is 0 Å². The first-order valence-electron chi connectivity index (χ1n) is 4.72. The monoisotopic (exact) mass is 209 g/mol. The van der Waals surface area contributed by atoms with E-state index in [4.69, 9.17) is 5.73 Å². The number of nitrogens with two attached hydrogens (primary N) is 1. The summed E-state index contributed by atoms with van der Waals surface area (Å²) in [5.41, 5.74) is 6.08. The van der Waals surface area contributed by atoms with E-state index >= 15 is 0 Å². The average molecular weight is 209 g/mol. The molecular weight excluding hydrogens is 194 g/mol. The summed E-state index contributed by atoms with van der Waals surface area (Å²) in [5.74, 6) is 0.855. The minimum atomic E-state index is -0.279. The lowest BCUT2D eigenvalue weighted by molar-refractivity contribution is -0.117. The maximum Gasteiger partial charge on any atom is 0.221 e. The van der Waals surface area contributed by atoms with Crippen LogP contribution in [-0.4, -0.2) is 11.7 Å². The highest BCUT2D eigenvalue weighted by Crippen LogP contribution is 2.19. The van der Waals surface area contributed by atoms with Gasteiger partial charge >= 0.3 is 0 Å². The van der Waals surface area contributed by atoms with E-state index in [0.29, 0.717) is 6.42 Å². The molecule has 1 aromatic carbocycles.